The molecule has 90 heavy (non-hydrogen) atoms. The first-order valence-electron chi connectivity index (χ1n) is 31.0. The second-order valence-corrected chi connectivity index (χ2v) is 24.0. The molecule has 0 radical (unpaired) electrons. The van der Waals surface area contributed by atoms with Crippen LogP contribution in [0.1, 0.15) is 0 Å². The summed E-state index contributed by atoms with van der Waals surface area (Å²) >= 11 is 0. The van der Waals surface area contributed by atoms with E-state index in [0.29, 0.717) is 0 Å². The van der Waals surface area contributed by atoms with Gasteiger partial charge >= 0.3 is 0 Å². The van der Waals surface area contributed by atoms with Crippen LogP contribution in [0.2, 0.25) is 0 Å². The van der Waals surface area contributed by atoms with Gasteiger partial charge in [0.2, 0.25) is 0 Å². The first kappa shape index (κ1) is 50.3. The maximum absolute atomic E-state index is 7.13. The van der Waals surface area contributed by atoms with Crippen LogP contribution in [0, 0.1) is 0 Å². The minimum absolute atomic E-state index is 0.870. The average Bonchev–Trinajstić information content (AvgIpc) is 1.12. The van der Waals surface area contributed by atoms with Crippen molar-refractivity contribution >= 4 is 119 Å². The molecule has 0 N–H and O–H groups in total. The van der Waals surface area contributed by atoms with Gasteiger partial charge in [0, 0.05) is 27.1 Å². The van der Waals surface area contributed by atoms with Crippen LogP contribution in [-0.4, -0.2) is 0 Å². The van der Waals surface area contributed by atoms with E-state index in [4.69, 9.17) is 8.83 Å². The molecule has 0 saturated heterocycles. The zero-order chi connectivity index (χ0) is 59.0. The summed E-state index contributed by atoms with van der Waals surface area (Å²) in [5.74, 6) is 0. The van der Waals surface area contributed by atoms with E-state index in [0.717, 1.165) is 77.3 Å². The lowest BCUT2D eigenvalue weighted by molar-refractivity contribution is 0.669. The Hall–Kier alpha value is -11.8. The molecule has 0 fully saturated rings. The standard InChI is InChI=1S/C88H52O2/c1-2-22-53(23-3-1)57-51-78(86-75-36-14-15-46-79(75)89-81(86)52-57)85-72-34-12-8-30-68(72)83(69-31-9-13-35-73(69)85)65-42-19-39-61-59(37-18-40-63(61)65)56-48-49-60-55(50-56)26-17-38-62(60)74-43-20-45-77-87-76(44-21-47-80(87)90-88(74)77)84-70-32-10-6-28-66(70)82(67-29-7-11-33-71(67)84)64-41-16-25-54-24-4-5-27-58(54)64/h1-52H. The Labute approximate surface area is 518 Å². The van der Waals surface area contributed by atoms with Crippen molar-refractivity contribution in [1.29, 1.82) is 0 Å². The molecule has 0 saturated carbocycles. The maximum Gasteiger partial charge on any atom is 0.143 e. The minimum atomic E-state index is 0.870. The largest absolute Gasteiger partial charge is 0.456 e. The topological polar surface area (TPSA) is 26.3 Å². The van der Waals surface area contributed by atoms with Crippen LogP contribution in [0.25, 0.3) is 197 Å². The van der Waals surface area contributed by atoms with Gasteiger partial charge in [0.1, 0.15) is 22.3 Å². The van der Waals surface area contributed by atoms with E-state index in [1.165, 1.54) is 120 Å². The molecule has 0 aliphatic heterocycles. The fourth-order valence-electron chi connectivity index (χ4n) is 15.4. The third kappa shape index (κ3) is 7.52. The predicted octanol–water partition coefficient (Wildman–Crippen LogP) is 25.2. The smallest absolute Gasteiger partial charge is 0.143 e. The molecule has 19 rings (SSSR count). The van der Waals surface area contributed by atoms with Gasteiger partial charge in [-0.3, -0.25) is 0 Å². The Morgan fingerprint density at radius 2 is 0.578 bits per heavy atom. The third-order valence-corrected chi connectivity index (χ3v) is 19.2. The summed E-state index contributed by atoms with van der Waals surface area (Å²) in [5, 5.41) is 21.4. The Bertz CT molecular complexity index is 6100. The second-order valence-electron chi connectivity index (χ2n) is 24.0. The lowest BCUT2D eigenvalue weighted by Gasteiger charge is -2.20. The van der Waals surface area contributed by atoms with Crippen molar-refractivity contribution in [2.24, 2.45) is 0 Å². The van der Waals surface area contributed by atoms with Gasteiger partial charge in [0.15, 0.2) is 0 Å². The maximum atomic E-state index is 7.13. The van der Waals surface area contributed by atoms with Crippen molar-refractivity contribution in [3.05, 3.63) is 315 Å². The van der Waals surface area contributed by atoms with Crippen molar-refractivity contribution in [1.82, 2.24) is 0 Å². The summed E-state index contributed by atoms with van der Waals surface area (Å²) in [6.45, 7) is 0. The van der Waals surface area contributed by atoms with Crippen LogP contribution in [0.5, 0.6) is 0 Å². The molecule has 0 bridgehead atoms. The first-order valence-corrected chi connectivity index (χ1v) is 31.0. The van der Waals surface area contributed by atoms with Gasteiger partial charge < -0.3 is 8.83 Å². The highest BCUT2D eigenvalue weighted by atomic mass is 16.3. The number of furan rings is 2. The SMILES string of the molecule is c1ccc(-c2cc(-c3c4ccccc4c(-c4cccc5c(-c6ccc7c(-c8cccc9c8oc8cccc(-c%10c%11ccccc%11c(-c%11cccc%12ccccc%11%12)c%11ccccc%10%11)c89)cccc7c6)cccc45)c4ccccc34)c3c(c2)oc2ccccc23)cc1. The Kier molecular flexibility index (Phi) is 11.1. The first-order chi connectivity index (χ1) is 44.7. The van der Waals surface area contributed by atoms with Crippen molar-refractivity contribution < 1.29 is 8.83 Å². The van der Waals surface area contributed by atoms with Gasteiger partial charge in [-0.15, -0.1) is 0 Å². The van der Waals surface area contributed by atoms with Crippen molar-refractivity contribution in [3.8, 4) is 77.9 Å². The highest BCUT2D eigenvalue weighted by Crippen LogP contribution is 2.52. The second kappa shape index (κ2) is 19.8. The monoisotopic (exact) mass is 1140 g/mol. The highest BCUT2D eigenvalue weighted by Gasteiger charge is 2.25. The van der Waals surface area contributed by atoms with Crippen LogP contribution in [0.3, 0.4) is 0 Å². The molecule has 416 valence electrons. The molecule has 2 heterocycles. The zero-order valence-corrected chi connectivity index (χ0v) is 48.8. The summed E-state index contributed by atoms with van der Waals surface area (Å²) in [7, 11) is 0. The lowest BCUT2D eigenvalue weighted by Crippen LogP contribution is -1.93. The fraction of sp³-hybridized carbons (Fsp3) is 0. The Balaban J connectivity index is 0.749. The van der Waals surface area contributed by atoms with E-state index in [2.05, 4.69) is 315 Å². The molecule has 2 aromatic heterocycles. The number of fused-ring (bicyclic) bond motifs is 13. The van der Waals surface area contributed by atoms with Crippen molar-refractivity contribution in [2.45, 2.75) is 0 Å². The molecular weight excluding hydrogens is 1090 g/mol. The van der Waals surface area contributed by atoms with E-state index in [-0.39, 0.29) is 0 Å². The molecule has 0 spiro atoms. The van der Waals surface area contributed by atoms with Crippen LogP contribution in [0.4, 0.5) is 0 Å². The third-order valence-electron chi connectivity index (χ3n) is 19.2. The van der Waals surface area contributed by atoms with E-state index in [1.807, 2.05) is 0 Å². The molecule has 17 aromatic carbocycles. The quantitative estimate of drug-likeness (QED) is 0.149. The van der Waals surface area contributed by atoms with Gasteiger partial charge in [-0.25, -0.2) is 0 Å². The van der Waals surface area contributed by atoms with Gasteiger partial charge in [0.25, 0.3) is 0 Å². The summed E-state index contributed by atoms with van der Waals surface area (Å²) in [6.07, 6.45) is 0. The lowest BCUT2D eigenvalue weighted by atomic mass is 9.82. The van der Waals surface area contributed by atoms with Crippen LogP contribution in [-0.2, 0) is 0 Å². The van der Waals surface area contributed by atoms with Crippen LogP contribution in [0.15, 0.2) is 324 Å². The predicted molar refractivity (Wildman–Crippen MR) is 382 cm³/mol. The summed E-state index contributed by atoms with van der Waals surface area (Å²) in [4.78, 5) is 0. The molecular formula is C88H52O2. The molecule has 0 unspecified atom stereocenters. The van der Waals surface area contributed by atoms with Crippen molar-refractivity contribution in [2.75, 3.05) is 0 Å². The fourth-order valence-corrected chi connectivity index (χ4v) is 15.4. The molecule has 19 aromatic rings. The number of para-hydroxylation sites is 2. The van der Waals surface area contributed by atoms with Gasteiger partial charge in [-0.2, -0.15) is 0 Å². The average molecular weight is 1140 g/mol. The minimum Gasteiger partial charge on any atom is -0.456 e. The zero-order valence-electron chi connectivity index (χ0n) is 48.8. The van der Waals surface area contributed by atoms with E-state index in [1.54, 1.807) is 0 Å². The van der Waals surface area contributed by atoms with E-state index >= 15 is 0 Å². The summed E-state index contributed by atoms with van der Waals surface area (Å²) in [6, 6.07) is 116. The Morgan fingerprint density at radius 1 is 0.167 bits per heavy atom. The van der Waals surface area contributed by atoms with E-state index < -0.39 is 0 Å². The number of benzene rings is 17. The summed E-state index contributed by atoms with van der Waals surface area (Å²) in [5.41, 5.74) is 20.0. The molecule has 0 amide bonds. The molecule has 0 aliphatic rings. The number of hydrogen-bond acceptors (Lipinski definition) is 2. The van der Waals surface area contributed by atoms with Crippen LogP contribution < -0.4 is 0 Å². The van der Waals surface area contributed by atoms with Crippen LogP contribution >= 0.6 is 0 Å². The van der Waals surface area contributed by atoms with Crippen molar-refractivity contribution in [3.63, 3.8) is 0 Å². The van der Waals surface area contributed by atoms with Gasteiger partial charge in [0.05, 0.1) is 0 Å². The molecule has 0 atom stereocenters. The van der Waals surface area contributed by atoms with Gasteiger partial charge in [-0.1, -0.05) is 285 Å². The molecule has 2 nitrogen and oxygen atoms in total. The normalized spacial score (nSPS) is 12.0. The number of rotatable bonds is 7. The number of hydrogen-bond donors (Lipinski definition) is 0. The highest BCUT2D eigenvalue weighted by molar-refractivity contribution is 6.30. The molecule has 0 aliphatic carbocycles. The summed E-state index contributed by atoms with van der Waals surface area (Å²) < 4.78 is 13.8. The van der Waals surface area contributed by atoms with E-state index in [9.17, 15) is 0 Å². The molecule has 2 heteroatoms. The van der Waals surface area contributed by atoms with Gasteiger partial charge in [-0.05, 0) is 178 Å². The Morgan fingerprint density at radius 3 is 1.23 bits per heavy atom.